The SMILES string of the molecule is CN=C(NCCOc1ccc2c(c1)OCO2)Nc1ccc2c(c1)OCCCO2. The lowest BCUT2D eigenvalue weighted by atomic mass is 10.3. The van der Waals surface area contributed by atoms with Gasteiger partial charge in [-0.15, -0.1) is 0 Å². The summed E-state index contributed by atoms with van der Waals surface area (Å²) in [6, 6.07) is 11.3. The molecular formula is C20H23N3O5. The number of nitrogens with one attached hydrogen (secondary N) is 2. The highest BCUT2D eigenvalue weighted by atomic mass is 16.7. The summed E-state index contributed by atoms with van der Waals surface area (Å²) in [5, 5.41) is 6.46. The molecule has 0 amide bonds. The van der Waals surface area contributed by atoms with E-state index in [9.17, 15) is 0 Å². The monoisotopic (exact) mass is 385 g/mol. The summed E-state index contributed by atoms with van der Waals surface area (Å²) >= 11 is 0. The number of guanidine groups is 1. The van der Waals surface area contributed by atoms with Crippen molar-refractivity contribution in [3.8, 4) is 28.7 Å². The predicted octanol–water partition coefficient (Wildman–Crippen LogP) is 2.64. The molecule has 0 atom stereocenters. The zero-order valence-electron chi connectivity index (χ0n) is 15.7. The van der Waals surface area contributed by atoms with Gasteiger partial charge in [0.1, 0.15) is 12.4 Å². The molecule has 28 heavy (non-hydrogen) atoms. The highest BCUT2D eigenvalue weighted by Crippen LogP contribution is 2.35. The average Bonchev–Trinajstić information content (AvgIpc) is 3.06. The molecule has 8 heteroatoms. The molecule has 2 aromatic carbocycles. The Bertz CT molecular complexity index is 856. The van der Waals surface area contributed by atoms with Crippen LogP contribution in [-0.2, 0) is 0 Å². The highest BCUT2D eigenvalue weighted by Gasteiger charge is 2.14. The normalized spacial score (nSPS) is 15.0. The summed E-state index contributed by atoms with van der Waals surface area (Å²) < 4.78 is 27.8. The second kappa shape index (κ2) is 8.60. The minimum atomic E-state index is 0.252. The van der Waals surface area contributed by atoms with E-state index in [0.29, 0.717) is 38.1 Å². The fraction of sp³-hybridized carbons (Fsp3) is 0.350. The number of rotatable bonds is 5. The summed E-state index contributed by atoms with van der Waals surface area (Å²) in [6.45, 7) is 2.63. The van der Waals surface area contributed by atoms with Crippen molar-refractivity contribution < 1.29 is 23.7 Å². The predicted molar refractivity (Wildman–Crippen MR) is 105 cm³/mol. The van der Waals surface area contributed by atoms with Gasteiger partial charge < -0.3 is 34.3 Å². The van der Waals surface area contributed by atoms with Crippen molar-refractivity contribution in [2.75, 3.05) is 45.5 Å². The number of fused-ring (bicyclic) bond motifs is 2. The Hall–Kier alpha value is -3.29. The van der Waals surface area contributed by atoms with Gasteiger partial charge in [-0.3, -0.25) is 4.99 Å². The number of hydrogen-bond donors (Lipinski definition) is 2. The van der Waals surface area contributed by atoms with Crippen molar-refractivity contribution in [1.82, 2.24) is 5.32 Å². The summed E-state index contributed by atoms with van der Waals surface area (Å²) in [5.74, 6) is 4.33. The van der Waals surface area contributed by atoms with Gasteiger partial charge in [-0.05, 0) is 24.3 Å². The minimum absolute atomic E-state index is 0.252. The lowest BCUT2D eigenvalue weighted by Gasteiger charge is -2.14. The zero-order chi connectivity index (χ0) is 19.2. The first-order valence-electron chi connectivity index (χ1n) is 9.21. The number of nitrogens with zero attached hydrogens (tertiary/aromatic N) is 1. The van der Waals surface area contributed by atoms with Gasteiger partial charge in [0.15, 0.2) is 29.0 Å². The molecule has 0 saturated carbocycles. The van der Waals surface area contributed by atoms with Crippen LogP contribution in [0.3, 0.4) is 0 Å². The number of ether oxygens (including phenoxy) is 5. The third-order valence-electron chi connectivity index (χ3n) is 4.24. The summed E-state index contributed by atoms with van der Waals surface area (Å²) in [5.41, 5.74) is 0.869. The molecular weight excluding hydrogens is 362 g/mol. The molecule has 148 valence electrons. The van der Waals surface area contributed by atoms with E-state index >= 15 is 0 Å². The molecule has 4 rings (SSSR count). The number of anilines is 1. The van der Waals surface area contributed by atoms with E-state index in [-0.39, 0.29) is 6.79 Å². The Labute approximate surface area is 163 Å². The molecule has 0 aliphatic carbocycles. The van der Waals surface area contributed by atoms with E-state index in [0.717, 1.165) is 35.1 Å². The average molecular weight is 385 g/mol. The van der Waals surface area contributed by atoms with Gasteiger partial charge >= 0.3 is 0 Å². The Balaban J connectivity index is 1.26. The third kappa shape index (κ3) is 4.33. The Morgan fingerprint density at radius 1 is 0.964 bits per heavy atom. The first kappa shape index (κ1) is 18.1. The number of hydrogen-bond acceptors (Lipinski definition) is 6. The van der Waals surface area contributed by atoms with Crippen LogP contribution in [0.4, 0.5) is 5.69 Å². The van der Waals surface area contributed by atoms with Crippen LogP contribution in [0.25, 0.3) is 0 Å². The van der Waals surface area contributed by atoms with E-state index in [2.05, 4.69) is 15.6 Å². The van der Waals surface area contributed by atoms with Gasteiger partial charge in [0.05, 0.1) is 19.8 Å². The van der Waals surface area contributed by atoms with Gasteiger partial charge in [0, 0.05) is 31.3 Å². The minimum Gasteiger partial charge on any atom is -0.492 e. The molecule has 0 saturated heterocycles. The second-order valence-electron chi connectivity index (χ2n) is 6.20. The fourth-order valence-corrected chi connectivity index (χ4v) is 2.86. The molecule has 2 N–H and O–H groups in total. The van der Waals surface area contributed by atoms with Gasteiger partial charge in [-0.25, -0.2) is 0 Å². The topological polar surface area (TPSA) is 82.6 Å². The molecule has 0 fully saturated rings. The maximum Gasteiger partial charge on any atom is 0.231 e. The van der Waals surface area contributed by atoms with Crippen molar-refractivity contribution in [3.63, 3.8) is 0 Å². The Morgan fingerprint density at radius 3 is 2.61 bits per heavy atom. The fourth-order valence-electron chi connectivity index (χ4n) is 2.86. The molecule has 0 spiro atoms. The molecule has 2 aliphatic rings. The number of aliphatic imine (C=N–C) groups is 1. The van der Waals surface area contributed by atoms with Crippen LogP contribution >= 0.6 is 0 Å². The molecule has 0 unspecified atom stereocenters. The van der Waals surface area contributed by atoms with Crippen LogP contribution in [0.1, 0.15) is 6.42 Å². The quantitative estimate of drug-likeness (QED) is 0.465. The first-order valence-corrected chi connectivity index (χ1v) is 9.21. The molecule has 2 aromatic rings. The smallest absolute Gasteiger partial charge is 0.231 e. The lowest BCUT2D eigenvalue weighted by Crippen LogP contribution is -2.33. The van der Waals surface area contributed by atoms with Crippen LogP contribution < -0.4 is 34.3 Å². The van der Waals surface area contributed by atoms with E-state index in [1.54, 1.807) is 7.05 Å². The highest BCUT2D eigenvalue weighted by molar-refractivity contribution is 5.93. The van der Waals surface area contributed by atoms with Crippen molar-refractivity contribution in [3.05, 3.63) is 36.4 Å². The van der Waals surface area contributed by atoms with Gasteiger partial charge in [-0.2, -0.15) is 0 Å². The van der Waals surface area contributed by atoms with E-state index < -0.39 is 0 Å². The van der Waals surface area contributed by atoms with E-state index in [1.165, 1.54) is 0 Å². The lowest BCUT2D eigenvalue weighted by molar-refractivity contribution is 0.173. The van der Waals surface area contributed by atoms with Crippen LogP contribution in [0.5, 0.6) is 28.7 Å². The molecule has 0 bridgehead atoms. The molecule has 8 nitrogen and oxygen atoms in total. The third-order valence-corrected chi connectivity index (χ3v) is 4.24. The van der Waals surface area contributed by atoms with Gasteiger partial charge in [-0.1, -0.05) is 0 Å². The first-order chi connectivity index (χ1) is 13.8. The molecule has 0 radical (unpaired) electrons. The summed E-state index contributed by atoms with van der Waals surface area (Å²) in [7, 11) is 1.72. The Morgan fingerprint density at radius 2 is 1.71 bits per heavy atom. The molecule has 2 heterocycles. The van der Waals surface area contributed by atoms with Crippen LogP contribution in [0.2, 0.25) is 0 Å². The van der Waals surface area contributed by atoms with Crippen molar-refractivity contribution >= 4 is 11.6 Å². The van der Waals surface area contributed by atoms with E-state index in [4.69, 9.17) is 23.7 Å². The second-order valence-corrected chi connectivity index (χ2v) is 6.20. The zero-order valence-corrected chi connectivity index (χ0v) is 15.7. The van der Waals surface area contributed by atoms with Crippen LogP contribution in [0.15, 0.2) is 41.4 Å². The molecule has 2 aliphatic heterocycles. The van der Waals surface area contributed by atoms with Gasteiger partial charge in [0.2, 0.25) is 6.79 Å². The van der Waals surface area contributed by atoms with Crippen LogP contribution in [-0.4, -0.2) is 46.2 Å². The van der Waals surface area contributed by atoms with Crippen molar-refractivity contribution in [2.45, 2.75) is 6.42 Å². The summed E-state index contributed by atoms with van der Waals surface area (Å²) in [6.07, 6.45) is 0.879. The van der Waals surface area contributed by atoms with Crippen molar-refractivity contribution in [2.24, 2.45) is 4.99 Å². The standard InChI is InChI=1S/C20H23N3O5/c1-21-20(23-14-3-5-16-18(11-14)26-9-2-8-25-16)22-7-10-24-15-4-6-17-19(12-15)28-13-27-17/h3-6,11-12H,2,7-10,13H2,1H3,(H2,21,22,23). The van der Waals surface area contributed by atoms with E-state index in [1.807, 2.05) is 36.4 Å². The summed E-state index contributed by atoms with van der Waals surface area (Å²) in [4.78, 5) is 4.24. The Kier molecular flexibility index (Phi) is 5.56. The number of benzene rings is 2. The van der Waals surface area contributed by atoms with Crippen molar-refractivity contribution in [1.29, 1.82) is 0 Å². The maximum absolute atomic E-state index is 5.75. The maximum atomic E-state index is 5.75. The van der Waals surface area contributed by atoms with Crippen LogP contribution in [0, 0.1) is 0 Å². The van der Waals surface area contributed by atoms with Gasteiger partial charge in [0.25, 0.3) is 0 Å². The molecule has 0 aromatic heterocycles. The largest absolute Gasteiger partial charge is 0.492 e.